The second kappa shape index (κ2) is 5.67. The average molecular weight is 260 g/mol. The zero-order valence-electron chi connectivity index (χ0n) is 11.2. The van der Waals surface area contributed by atoms with Crippen LogP contribution in [0.15, 0.2) is 28.7 Å². The lowest BCUT2D eigenvalue weighted by Crippen LogP contribution is -2.24. The molecule has 0 fully saturated rings. The van der Waals surface area contributed by atoms with Gasteiger partial charge in [-0.15, -0.1) is 0 Å². The quantitative estimate of drug-likeness (QED) is 0.856. The fourth-order valence-corrected chi connectivity index (χ4v) is 1.71. The van der Waals surface area contributed by atoms with Crippen LogP contribution < -0.4 is 5.48 Å². The predicted octanol–water partition coefficient (Wildman–Crippen LogP) is 2.18. The maximum atomic E-state index is 11.4. The summed E-state index contributed by atoms with van der Waals surface area (Å²) in [6.45, 7) is 3.81. The van der Waals surface area contributed by atoms with Gasteiger partial charge in [0.1, 0.15) is 5.76 Å². The molecule has 1 N–H and O–H groups in total. The van der Waals surface area contributed by atoms with Gasteiger partial charge < -0.3 is 4.42 Å². The smallest absolute Gasteiger partial charge is 0.249 e. The zero-order valence-corrected chi connectivity index (χ0v) is 11.2. The molecule has 0 atom stereocenters. The van der Waals surface area contributed by atoms with Gasteiger partial charge in [0.15, 0.2) is 0 Å². The Labute approximate surface area is 111 Å². The van der Waals surface area contributed by atoms with Crippen molar-refractivity contribution in [3.8, 4) is 11.5 Å². The number of aromatic nitrogens is 1. The summed E-state index contributed by atoms with van der Waals surface area (Å²) >= 11 is 0. The minimum Gasteiger partial charge on any atom is -0.441 e. The second-order valence-corrected chi connectivity index (χ2v) is 4.29. The molecule has 2 rings (SSSR count). The summed E-state index contributed by atoms with van der Waals surface area (Å²) in [7, 11) is 1.39. The van der Waals surface area contributed by atoms with Gasteiger partial charge >= 0.3 is 0 Å². The number of carbonyl (C=O) groups excluding carboxylic acids is 1. The van der Waals surface area contributed by atoms with Gasteiger partial charge in [-0.2, -0.15) is 0 Å². The van der Waals surface area contributed by atoms with Gasteiger partial charge in [-0.25, -0.2) is 10.5 Å². The Bertz CT molecular complexity index is 573. The van der Waals surface area contributed by atoms with Gasteiger partial charge in [-0.3, -0.25) is 9.63 Å². The lowest BCUT2D eigenvalue weighted by atomic mass is 10.1. The highest BCUT2D eigenvalue weighted by molar-refractivity contribution is 5.77. The number of benzene rings is 1. The summed E-state index contributed by atoms with van der Waals surface area (Å²) < 4.78 is 5.59. The van der Waals surface area contributed by atoms with Crippen LogP contribution in [0.4, 0.5) is 0 Å². The molecule has 0 aliphatic rings. The number of carbonyl (C=O) groups is 1. The number of hydroxylamine groups is 1. The molecule has 1 amide bonds. The van der Waals surface area contributed by atoms with Crippen LogP contribution in [0.3, 0.4) is 0 Å². The molecular weight excluding hydrogens is 244 g/mol. The third-order valence-corrected chi connectivity index (χ3v) is 2.74. The molecule has 0 spiro atoms. The van der Waals surface area contributed by atoms with E-state index in [-0.39, 0.29) is 12.3 Å². The van der Waals surface area contributed by atoms with E-state index in [1.165, 1.54) is 12.7 Å². The molecule has 0 radical (unpaired) electrons. The molecule has 1 aromatic heterocycles. The second-order valence-electron chi connectivity index (χ2n) is 4.29. The van der Waals surface area contributed by atoms with Gasteiger partial charge in [0.05, 0.1) is 19.2 Å². The van der Waals surface area contributed by atoms with Crippen LogP contribution in [-0.4, -0.2) is 18.0 Å². The average Bonchev–Trinajstić information content (AvgIpc) is 2.72. The number of nitrogens with zero attached hydrogens (tertiary/aromatic N) is 1. The molecule has 1 heterocycles. The highest BCUT2D eigenvalue weighted by Gasteiger charge is 2.14. The molecule has 0 aliphatic heterocycles. The predicted molar refractivity (Wildman–Crippen MR) is 70.3 cm³/mol. The maximum Gasteiger partial charge on any atom is 0.249 e. The number of aryl methyl sites for hydroxylation is 2. The molecule has 19 heavy (non-hydrogen) atoms. The molecule has 0 saturated heterocycles. The highest BCUT2D eigenvalue weighted by atomic mass is 16.6. The Hall–Kier alpha value is -2.14. The van der Waals surface area contributed by atoms with Gasteiger partial charge in [-0.05, 0) is 26.0 Å². The molecular formula is C14H16N2O3. The Balaban J connectivity index is 2.21. The van der Waals surface area contributed by atoms with E-state index in [1.54, 1.807) is 6.92 Å². The number of rotatable bonds is 4. The molecule has 0 aliphatic carbocycles. The minimum atomic E-state index is -0.255. The van der Waals surface area contributed by atoms with Crippen LogP contribution in [0.2, 0.25) is 0 Å². The van der Waals surface area contributed by atoms with Crippen molar-refractivity contribution >= 4 is 5.91 Å². The first kappa shape index (κ1) is 13.3. The topological polar surface area (TPSA) is 64.4 Å². The summed E-state index contributed by atoms with van der Waals surface area (Å²) in [6, 6.07) is 7.87. The van der Waals surface area contributed by atoms with E-state index in [0.717, 1.165) is 5.56 Å². The first-order valence-electron chi connectivity index (χ1n) is 5.95. The van der Waals surface area contributed by atoms with Crippen molar-refractivity contribution in [3.05, 3.63) is 41.3 Å². The SMILES string of the molecule is CONC(=O)Cc1nc(-c2ccc(C)cc2)oc1C. The Morgan fingerprint density at radius 3 is 2.63 bits per heavy atom. The van der Waals surface area contributed by atoms with E-state index in [0.29, 0.717) is 17.3 Å². The highest BCUT2D eigenvalue weighted by Crippen LogP contribution is 2.22. The third kappa shape index (κ3) is 3.20. The van der Waals surface area contributed by atoms with E-state index in [4.69, 9.17) is 4.42 Å². The van der Waals surface area contributed by atoms with E-state index in [2.05, 4.69) is 15.3 Å². The molecule has 1 aromatic carbocycles. The van der Waals surface area contributed by atoms with Crippen molar-refractivity contribution < 1.29 is 14.0 Å². The van der Waals surface area contributed by atoms with Crippen LogP contribution in [-0.2, 0) is 16.1 Å². The fourth-order valence-electron chi connectivity index (χ4n) is 1.71. The number of oxazole rings is 1. The van der Waals surface area contributed by atoms with Crippen molar-refractivity contribution in [3.63, 3.8) is 0 Å². The third-order valence-electron chi connectivity index (χ3n) is 2.74. The summed E-state index contributed by atoms with van der Waals surface area (Å²) in [4.78, 5) is 20.3. The lowest BCUT2D eigenvalue weighted by Gasteiger charge is -1.98. The molecule has 0 saturated carbocycles. The van der Waals surface area contributed by atoms with Crippen LogP contribution in [0, 0.1) is 13.8 Å². The fraction of sp³-hybridized carbons (Fsp3) is 0.286. The largest absolute Gasteiger partial charge is 0.441 e. The molecule has 5 nitrogen and oxygen atoms in total. The van der Waals surface area contributed by atoms with Gasteiger partial charge in [0, 0.05) is 5.56 Å². The normalized spacial score (nSPS) is 10.5. The standard InChI is InChI=1S/C14H16N2O3/c1-9-4-6-11(7-5-9)14-15-12(10(2)19-14)8-13(17)16-18-3/h4-7H,8H2,1-3H3,(H,16,17). The van der Waals surface area contributed by atoms with Crippen molar-refractivity contribution in [2.24, 2.45) is 0 Å². The van der Waals surface area contributed by atoms with Gasteiger partial charge in [0.2, 0.25) is 11.8 Å². The zero-order chi connectivity index (χ0) is 13.8. The molecule has 0 bridgehead atoms. The Morgan fingerprint density at radius 2 is 2.00 bits per heavy atom. The van der Waals surface area contributed by atoms with Crippen molar-refractivity contribution in [1.82, 2.24) is 10.5 Å². The number of hydrogen-bond acceptors (Lipinski definition) is 4. The van der Waals surface area contributed by atoms with Crippen LogP contribution in [0.1, 0.15) is 17.0 Å². The monoisotopic (exact) mass is 260 g/mol. The van der Waals surface area contributed by atoms with E-state index < -0.39 is 0 Å². The summed E-state index contributed by atoms with van der Waals surface area (Å²) in [5.74, 6) is 0.911. The van der Waals surface area contributed by atoms with Gasteiger partial charge in [-0.1, -0.05) is 17.7 Å². The number of nitrogens with one attached hydrogen (secondary N) is 1. The van der Waals surface area contributed by atoms with E-state index >= 15 is 0 Å². The first-order valence-corrected chi connectivity index (χ1v) is 5.95. The van der Waals surface area contributed by atoms with Crippen molar-refractivity contribution in [2.45, 2.75) is 20.3 Å². The van der Waals surface area contributed by atoms with Crippen LogP contribution in [0.25, 0.3) is 11.5 Å². The van der Waals surface area contributed by atoms with Gasteiger partial charge in [0.25, 0.3) is 0 Å². The van der Waals surface area contributed by atoms with Crippen LogP contribution >= 0.6 is 0 Å². The molecule has 100 valence electrons. The summed E-state index contributed by atoms with van der Waals surface area (Å²) in [6.07, 6.45) is 0.134. The van der Waals surface area contributed by atoms with E-state index in [9.17, 15) is 4.79 Å². The summed E-state index contributed by atoms with van der Waals surface area (Å²) in [5.41, 5.74) is 4.94. The number of amides is 1. The molecule has 0 unspecified atom stereocenters. The molecule has 2 aromatic rings. The summed E-state index contributed by atoms with van der Waals surface area (Å²) in [5, 5.41) is 0. The lowest BCUT2D eigenvalue weighted by molar-refractivity contribution is -0.130. The first-order chi connectivity index (χ1) is 9.10. The maximum absolute atomic E-state index is 11.4. The Kier molecular flexibility index (Phi) is 3.97. The molecule has 5 heteroatoms. The van der Waals surface area contributed by atoms with Crippen molar-refractivity contribution in [1.29, 1.82) is 0 Å². The Morgan fingerprint density at radius 1 is 1.32 bits per heavy atom. The number of hydrogen-bond donors (Lipinski definition) is 1. The van der Waals surface area contributed by atoms with E-state index in [1.807, 2.05) is 31.2 Å². The van der Waals surface area contributed by atoms with Crippen LogP contribution in [0.5, 0.6) is 0 Å². The van der Waals surface area contributed by atoms with Crippen molar-refractivity contribution in [2.75, 3.05) is 7.11 Å². The minimum absolute atomic E-state index is 0.134.